The lowest BCUT2D eigenvalue weighted by molar-refractivity contribution is -0.136. The first-order valence-corrected chi connectivity index (χ1v) is 10.2. The minimum atomic E-state index is -4.60. The lowest BCUT2D eigenvalue weighted by Gasteiger charge is -2.14. The van der Waals surface area contributed by atoms with E-state index in [1.165, 1.54) is 47.0 Å². The molecule has 2 aromatic carbocycles. The van der Waals surface area contributed by atoms with Gasteiger partial charge in [-0.3, -0.25) is 9.20 Å². The summed E-state index contributed by atoms with van der Waals surface area (Å²) < 4.78 is 46.2. The second kappa shape index (κ2) is 9.44. The Morgan fingerprint density at radius 1 is 1.03 bits per heavy atom. The number of carbonyl (C=O) groups excluding carboxylic acids is 1. The Morgan fingerprint density at radius 2 is 1.76 bits per heavy atom. The summed E-state index contributed by atoms with van der Waals surface area (Å²) in [5.74, 6) is 0.437. The summed E-state index contributed by atoms with van der Waals surface area (Å²) in [6.45, 7) is 0.0237. The van der Waals surface area contributed by atoms with Gasteiger partial charge in [-0.25, -0.2) is 9.78 Å². The second-order valence-corrected chi connectivity index (χ2v) is 7.53. The molecule has 4 aromatic rings. The summed E-state index contributed by atoms with van der Waals surface area (Å²) in [6.07, 6.45) is -3.12. The van der Waals surface area contributed by atoms with Crippen LogP contribution in [0.3, 0.4) is 0 Å². The molecular formula is C23H16ClF3N4O3. The van der Waals surface area contributed by atoms with E-state index in [1.54, 1.807) is 24.3 Å². The van der Waals surface area contributed by atoms with Crippen LogP contribution in [-0.2, 0) is 12.8 Å². The van der Waals surface area contributed by atoms with Gasteiger partial charge < -0.3 is 15.4 Å². The fraction of sp³-hybridized carbons (Fsp3) is 0.0870. The van der Waals surface area contributed by atoms with Gasteiger partial charge in [0.1, 0.15) is 18.0 Å². The zero-order valence-corrected chi connectivity index (χ0v) is 18.0. The predicted molar refractivity (Wildman–Crippen MR) is 121 cm³/mol. The summed E-state index contributed by atoms with van der Waals surface area (Å²) in [6, 6.07) is 14.6. The number of benzene rings is 2. The Kier molecular flexibility index (Phi) is 6.42. The van der Waals surface area contributed by atoms with Crippen LogP contribution in [-0.4, -0.2) is 15.4 Å². The average Bonchev–Trinajstić information content (AvgIpc) is 2.79. The van der Waals surface area contributed by atoms with Crippen molar-refractivity contribution in [1.82, 2.24) is 9.38 Å². The second-order valence-electron chi connectivity index (χ2n) is 7.10. The van der Waals surface area contributed by atoms with E-state index in [1.807, 2.05) is 0 Å². The van der Waals surface area contributed by atoms with E-state index in [9.17, 15) is 22.8 Å². The fourth-order valence-corrected chi connectivity index (χ4v) is 3.28. The van der Waals surface area contributed by atoms with E-state index in [0.717, 1.165) is 6.07 Å². The smallest absolute Gasteiger partial charge is 0.418 e. The maximum Gasteiger partial charge on any atom is 0.418 e. The standard InChI is InChI=1S/C23H16ClF3N4O3/c24-14-5-10-20-28-16(11-21(32)31(20)12-14)13-34-17-8-6-15(7-9-17)29-22(33)30-19-4-2-1-3-18(19)23(25,26)27/h1-12H,13H2,(H2,29,30,33). The van der Waals surface area contributed by atoms with Gasteiger partial charge in [-0.1, -0.05) is 23.7 Å². The highest BCUT2D eigenvalue weighted by atomic mass is 35.5. The zero-order valence-electron chi connectivity index (χ0n) is 17.3. The molecule has 2 amide bonds. The molecule has 0 atom stereocenters. The summed E-state index contributed by atoms with van der Waals surface area (Å²) in [7, 11) is 0. The lowest BCUT2D eigenvalue weighted by Crippen LogP contribution is -2.21. The van der Waals surface area contributed by atoms with E-state index >= 15 is 0 Å². The normalized spacial score (nSPS) is 11.3. The first-order valence-electron chi connectivity index (χ1n) is 9.84. The quantitative estimate of drug-likeness (QED) is 0.383. The molecule has 4 rings (SSSR count). The molecule has 0 saturated heterocycles. The summed E-state index contributed by atoms with van der Waals surface area (Å²) in [5, 5.41) is 5.07. The van der Waals surface area contributed by atoms with E-state index in [2.05, 4.69) is 15.6 Å². The highest BCUT2D eigenvalue weighted by molar-refractivity contribution is 6.30. The van der Waals surface area contributed by atoms with Gasteiger partial charge in [0.2, 0.25) is 0 Å². The minimum absolute atomic E-state index is 0.0237. The SMILES string of the molecule is O=C(Nc1ccc(OCc2cc(=O)n3cc(Cl)ccc3n2)cc1)Nc1ccccc1C(F)(F)F. The van der Waals surface area contributed by atoms with E-state index in [4.69, 9.17) is 16.3 Å². The number of amides is 2. The molecule has 2 aromatic heterocycles. The van der Waals surface area contributed by atoms with Crippen molar-refractivity contribution in [2.45, 2.75) is 12.8 Å². The first kappa shape index (κ1) is 23.1. The number of ether oxygens (including phenoxy) is 1. The van der Waals surface area contributed by atoms with Gasteiger partial charge in [0.05, 0.1) is 22.0 Å². The summed E-state index contributed by atoms with van der Waals surface area (Å²) in [5.41, 5.74) is -0.421. The number of rotatable bonds is 5. The minimum Gasteiger partial charge on any atom is -0.487 e. The van der Waals surface area contributed by atoms with Crippen LogP contribution >= 0.6 is 11.6 Å². The number of fused-ring (bicyclic) bond motifs is 1. The Hall–Kier alpha value is -4.05. The fourth-order valence-electron chi connectivity index (χ4n) is 3.12. The molecule has 2 N–H and O–H groups in total. The van der Waals surface area contributed by atoms with Crippen molar-refractivity contribution >= 4 is 34.7 Å². The number of alkyl halides is 3. The molecule has 174 valence electrons. The molecule has 0 unspecified atom stereocenters. The zero-order chi connectivity index (χ0) is 24.3. The predicted octanol–water partition coefficient (Wildman–Crippen LogP) is 5.59. The third kappa shape index (κ3) is 5.46. The Balaban J connectivity index is 1.38. The Bertz CT molecular complexity index is 1410. The largest absolute Gasteiger partial charge is 0.487 e. The maximum absolute atomic E-state index is 13.1. The van der Waals surface area contributed by atoms with Crippen molar-refractivity contribution in [2.75, 3.05) is 10.6 Å². The molecule has 0 saturated carbocycles. The van der Waals surface area contributed by atoms with Gasteiger partial charge >= 0.3 is 12.2 Å². The van der Waals surface area contributed by atoms with Crippen molar-refractivity contribution in [3.63, 3.8) is 0 Å². The van der Waals surface area contributed by atoms with Crippen LogP contribution in [0.15, 0.2) is 77.7 Å². The number of halogens is 4. The number of hydrogen-bond acceptors (Lipinski definition) is 4. The van der Waals surface area contributed by atoms with Crippen LogP contribution < -0.4 is 20.9 Å². The molecule has 0 bridgehead atoms. The summed E-state index contributed by atoms with van der Waals surface area (Å²) in [4.78, 5) is 28.7. The number of hydrogen-bond donors (Lipinski definition) is 2. The van der Waals surface area contributed by atoms with Crippen LogP contribution in [0.5, 0.6) is 5.75 Å². The van der Waals surface area contributed by atoms with Crippen molar-refractivity contribution < 1.29 is 22.7 Å². The monoisotopic (exact) mass is 488 g/mol. The van der Waals surface area contributed by atoms with Crippen molar-refractivity contribution in [3.8, 4) is 5.75 Å². The van der Waals surface area contributed by atoms with Crippen LogP contribution in [0.2, 0.25) is 5.02 Å². The van der Waals surface area contributed by atoms with Crippen LogP contribution in [0.1, 0.15) is 11.3 Å². The van der Waals surface area contributed by atoms with Crippen LogP contribution in [0, 0.1) is 0 Å². The molecule has 11 heteroatoms. The maximum atomic E-state index is 13.1. The molecule has 34 heavy (non-hydrogen) atoms. The number of nitrogens with zero attached hydrogens (tertiary/aromatic N) is 2. The number of anilines is 2. The van der Waals surface area contributed by atoms with E-state index in [-0.39, 0.29) is 17.9 Å². The van der Waals surface area contributed by atoms with Gasteiger partial charge in [0.15, 0.2) is 0 Å². The number of nitrogens with one attached hydrogen (secondary N) is 2. The van der Waals surface area contributed by atoms with Gasteiger partial charge in [-0.15, -0.1) is 0 Å². The van der Waals surface area contributed by atoms with Gasteiger partial charge in [-0.2, -0.15) is 13.2 Å². The first-order chi connectivity index (χ1) is 16.2. The third-order valence-corrected chi connectivity index (χ3v) is 4.88. The molecular weight excluding hydrogens is 473 g/mol. The number of carbonyl (C=O) groups is 1. The Labute approximate surface area is 195 Å². The molecule has 0 spiro atoms. The topological polar surface area (TPSA) is 84.7 Å². The molecule has 0 aliphatic rings. The average molecular weight is 489 g/mol. The highest BCUT2D eigenvalue weighted by Crippen LogP contribution is 2.34. The van der Waals surface area contributed by atoms with Crippen molar-refractivity contribution in [1.29, 1.82) is 0 Å². The lowest BCUT2D eigenvalue weighted by atomic mass is 10.1. The molecule has 7 nitrogen and oxygen atoms in total. The molecule has 0 aliphatic carbocycles. The van der Waals surface area contributed by atoms with Crippen molar-refractivity contribution in [2.24, 2.45) is 0 Å². The van der Waals surface area contributed by atoms with Crippen molar-refractivity contribution in [3.05, 3.63) is 99.6 Å². The van der Waals surface area contributed by atoms with E-state index in [0.29, 0.717) is 27.8 Å². The molecule has 0 fully saturated rings. The number of aromatic nitrogens is 2. The summed E-state index contributed by atoms with van der Waals surface area (Å²) >= 11 is 5.89. The number of pyridine rings is 1. The molecule has 0 aliphatic heterocycles. The van der Waals surface area contributed by atoms with Crippen LogP contribution in [0.4, 0.5) is 29.3 Å². The van der Waals surface area contributed by atoms with Gasteiger partial charge in [0.25, 0.3) is 5.56 Å². The van der Waals surface area contributed by atoms with Gasteiger partial charge in [-0.05, 0) is 48.5 Å². The van der Waals surface area contributed by atoms with Gasteiger partial charge in [0, 0.05) is 18.0 Å². The molecule has 2 heterocycles. The van der Waals surface area contributed by atoms with Crippen LogP contribution in [0.25, 0.3) is 5.65 Å². The number of para-hydroxylation sites is 1. The molecule has 0 radical (unpaired) electrons. The number of urea groups is 1. The van der Waals surface area contributed by atoms with E-state index < -0.39 is 17.8 Å². The highest BCUT2D eigenvalue weighted by Gasteiger charge is 2.33. The third-order valence-electron chi connectivity index (χ3n) is 4.66. The Morgan fingerprint density at radius 3 is 2.50 bits per heavy atom.